The molecule has 2 aromatic rings. The minimum atomic E-state index is 0.157. The Labute approximate surface area is 90.5 Å². The van der Waals surface area contributed by atoms with Gasteiger partial charge in [0, 0.05) is 35.6 Å². The Morgan fingerprint density at radius 3 is 3.00 bits per heavy atom. The molecule has 0 amide bonds. The summed E-state index contributed by atoms with van der Waals surface area (Å²) >= 11 is 3.41. The van der Waals surface area contributed by atoms with Crippen LogP contribution in [0.25, 0.3) is 10.9 Å². The lowest BCUT2D eigenvalue weighted by molar-refractivity contribution is 0.296. The van der Waals surface area contributed by atoms with E-state index in [4.69, 9.17) is 5.11 Å². The SMILES string of the molecule is Cn1nc2cc(Br)ccc2c1CCO. The van der Waals surface area contributed by atoms with Crippen LogP contribution in [0.15, 0.2) is 22.7 Å². The Morgan fingerprint density at radius 2 is 2.29 bits per heavy atom. The summed E-state index contributed by atoms with van der Waals surface area (Å²) in [5.41, 5.74) is 2.04. The zero-order valence-corrected chi connectivity index (χ0v) is 9.45. The Bertz CT molecular complexity index is 464. The van der Waals surface area contributed by atoms with Crippen LogP contribution in [0, 0.1) is 0 Å². The van der Waals surface area contributed by atoms with E-state index >= 15 is 0 Å². The topological polar surface area (TPSA) is 38.0 Å². The molecular formula is C10H11BrN2O. The molecule has 1 aromatic carbocycles. The summed E-state index contributed by atoms with van der Waals surface area (Å²) in [6.07, 6.45) is 0.647. The molecule has 0 radical (unpaired) electrons. The molecule has 0 aliphatic heterocycles. The number of aryl methyl sites for hydroxylation is 1. The van der Waals surface area contributed by atoms with Gasteiger partial charge < -0.3 is 5.11 Å². The molecule has 0 aliphatic carbocycles. The number of nitrogens with zero attached hydrogens (tertiary/aromatic N) is 2. The number of fused-ring (bicyclic) bond motifs is 1. The minimum absolute atomic E-state index is 0.157. The van der Waals surface area contributed by atoms with E-state index in [9.17, 15) is 0 Å². The average Bonchev–Trinajstić information content (AvgIpc) is 2.43. The molecule has 0 saturated carbocycles. The lowest BCUT2D eigenvalue weighted by Crippen LogP contribution is -2.00. The van der Waals surface area contributed by atoms with Gasteiger partial charge >= 0.3 is 0 Å². The third kappa shape index (κ3) is 1.55. The molecule has 0 spiro atoms. The van der Waals surface area contributed by atoms with Gasteiger partial charge in [0.15, 0.2) is 0 Å². The number of aromatic nitrogens is 2. The Hall–Kier alpha value is -0.870. The lowest BCUT2D eigenvalue weighted by atomic mass is 10.2. The van der Waals surface area contributed by atoms with Crippen molar-refractivity contribution in [1.29, 1.82) is 0 Å². The first-order valence-corrected chi connectivity index (χ1v) is 5.23. The van der Waals surface area contributed by atoms with Crippen molar-refractivity contribution in [3.8, 4) is 0 Å². The van der Waals surface area contributed by atoms with Crippen molar-refractivity contribution in [3.63, 3.8) is 0 Å². The normalized spacial score (nSPS) is 11.1. The molecule has 14 heavy (non-hydrogen) atoms. The zero-order valence-electron chi connectivity index (χ0n) is 7.87. The largest absolute Gasteiger partial charge is 0.396 e. The van der Waals surface area contributed by atoms with Crippen molar-refractivity contribution in [2.24, 2.45) is 7.05 Å². The summed E-state index contributed by atoms with van der Waals surface area (Å²) < 4.78 is 2.85. The molecule has 1 aromatic heterocycles. The molecule has 3 nitrogen and oxygen atoms in total. The number of halogens is 1. The first-order chi connectivity index (χ1) is 6.72. The van der Waals surface area contributed by atoms with Gasteiger partial charge in [0.1, 0.15) is 0 Å². The van der Waals surface area contributed by atoms with Gasteiger partial charge in [-0.15, -0.1) is 0 Å². The van der Waals surface area contributed by atoms with E-state index in [2.05, 4.69) is 21.0 Å². The molecule has 74 valence electrons. The first-order valence-electron chi connectivity index (χ1n) is 4.44. The molecule has 0 unspecified atom stereocenters. The maximum Gasteiger partial charge on any atom is 0.0937 e. The molecule has 0 saturated heterocycles. The van der Waals surface area contributed by atoms with E-state index in [-0.39, 0.29) is 6.61 Å². The van der Waals surface area contributed by atoms with Crippen LogP contribution in [0.5, 0.6) is 0 Å². The number of benzene rings is 1. The molecular weight excluding hydrogens is 244 g/mol. The third-order valence-corrected chi connectivity index (χ3v) is 2.76. The van der Waals surface area contributed by atoms with E-state index in [1.807, 2.05) is 29.9 Å². The highest BCUT2D eigenvalue weighted by molar-refractivity contribution is 9.10. The fourth-order valence-electron chi connectivity index (χ4n) is 1.63. The standard InChI is InChI=1S/C10H11BrN2O/c1-13-10(4-5-14)8-3-2-7(11)6-9(8)12-13/h2-3,6,14H,4-5H2,1H3. The smallest absolute Gasteiger partial charge is 0.0937 e. The van der Waals surface area contributed by atoms with Crippen molar-refractivity contribution in [3.05, 3.63) is 28.4 Å². The van der Waals surface area contributed by atoms with E-state index < -0.39 is 0 Å². The van der Waals surface area contributed by atoms with Gasteiger partial charge in [-0.25, -0.2) is 0 Å². The molecule has 0 aliphatic rings. The second-order valence-electron chi connectivity index (χ2n) is 3.21. The summed E-state index contributed by atoms with van der Waals surface area (Å²) in [5, 5.41) is 14.4. The van der Waals surface area contributed by atoms with Crippen LogP contribution in [-0.4, -0.2) is 21.5 Å². The van der Waals surface area contributed by atoms with Crippen LogP contribution in [0.3, 0.4) is 0 Å². The number of rotatable bonds is 2. The summed E-state index contributed by atoms with van der Waals surface area (Å²) in [6.45, 7) is 0.157. The Morgan fingerprint density at radius 1 is 1.50 bits per heavy atom. The molecule has 0 fully saturated rings. The highest BCUT2D eigenvalue weighted by Gasteiger charge is 2.07. The predicted molar refractivity (Wildman–Crippen MR) is 59.2 cm³/mol. The number of hydrogen-bond acceptors (Lipinski definition) is 2. The maximum atomic E-state index is 8.93. The Balaban J connectivity index is 2.64. The van der Waals surface area contributed by atoms with Crippen LogP contribution in [0.4, 0.5) is 0 Å². The van der Waals surface area contributed by atoms with Gasteiger partial charge in [0.2, 0.25) is 0 Å². The molecule has 0 bridgehead atoms. The predicted octanol–water partition coefficient (Wildman–Crippen LogP) is 1.87. The van der Waals surface area contributed by atoms with E-state index in [0.29, 0.717) is 6.42 Å². The highest BCUT2D eigenvalue weighted by Crippen LogP contribution is 2.22. The lowest BCUT2D eigenvalue weighted by Gasteiger charge is -1.98. The fraction of sp³-hybridized carbons (Fsp3) is 0.300. The first kappa shape index (κ1) is 9.68. The molecule has 0 atom stereocenters. The van der Waals surface area contributed by atoms with Gasteiger partial charge in [0.25, 0.3) is 0 Å². The monoisotopic (exact) mass is 254 g/mol. The van der Waals surface area contributed by atoms with Crippen molar-refractivity contribution < 1.29 is 5.11 Å². The van der Waals surface area contributed by atoms with E-state index in [1.165, 1.54) is 0 Å². The van der Waals surface area contributed by atoms with Crippen LogP contribution < -0.4 is 0 Å². The summed E-state index contributed by atoms with van der Waals surface area (Å²) in [6, 6.07) is 6.00. The summed E-state index contributed by atoms with van der Waals surface area (Å²) in [5.74, 6) is 0. The number of aliphatic hydroxyl groups is 1. The van der Waals surface area contributed by atoms with Crippen molar-refractivity contribution >= 4 is 26.8 Å². The summed E-state index contributed by atoms with van der Waals surface area (Å²) in [4.78, 5) is 0. The van der Waals surface area contributed by atoms with Gasteiger partial charge in [-0.3, -0.25) is 4.68 Å². The van der Waals surface area contributed by atoms with Crippen molar-refractivity contribution in [2.75, 3.05) is 6.61 Å². The van der Waals surface area contributed by atoms with Gasteiger partial charge in [-0.05, 0) is 18.2 Å². The molecule has 4 heteroatoms. The van der Waals surface area contributed by atoms with Crippen LogP contribution in [0.2, 0.25) is 0 Å². The van der Waals surface area contributed by atoms with Gasteiger partial charge in [-0.1, -0.05) is 15.9 Å². The van der Waals surface area contributed by atoms with Crippen molar-refractivity contribution in [1.82, 2.24) is 9.78 Å². The van der Waals surface area contributed by atoms with Crippen LogP contribution in [-0.2, 0) is 13.5 Å². The van der Waals surface area contributed by atoms with Crippen molar-refractivity contribution in [2.45, 2.75) is 6.42 Å². The second kappa shape index (κ2) is 3.71. The summed E-state index contributed by atoms with van der Waals surface area (Å²) in [7, 11) is 1.90. The maximum absolute atomic E-state index is 8.93. The number of aliphatic hydroxyl groups excluding tert-OH is 1. The fourth-order valence-corrected chi connectivity index (χ4v) is 1.98. The third-order valence-electron chi connectivity index (χ3n) is 2.27. The average molecular weight is 255 g/mol. The Kier molecular flexibility index (Phi) is 2.56. The molecule has 1 heterocycles. The molecule has 1 N–H and O–H groups in total. The zero-order chi connectivity index (χ0) is 10.1. The highest BCUT2D eigenvalue weighted by atomic mass is 79.9. The van der Waals surface area contributed by atoms with E-state index in [0.717, 1.165) is 21.1 Å². The quantitative estimate of drug-likeness (QED) is 0.889. The van der Waals surface area contributed by atoms with Gasteiger partial charge in [-0.2, -0.15) is 5.10 Å². The van der Waals surface area contributed by atoms with Crippen LogP contribution >= 0.6 is 15.9 Å². The number of hydrogen-bond donors (Lipinski definition) is 1. The van der Waals surface area contributed by atoms with Gasteiger partial charge in [0.05, 0.1) is 5.52 Å². The second-order valence-corrected chi connectivity index (χ2v) is 4.12. The van der Waals surface area contributed by atoms with Crippen LogP contribution in [0.1, 0.15) is 5.69 Å². The van der Waals surface area contributed by atoms with E-state index in [1.54, 1.807) is 0 Å². The molecule has 2 rings (SSSR count). The minimum Gasteiger partial charge on any atom is -0.396 e.